The van der Waals surface area contributed by atoms with E-state index in [-0.39, 0.29) is 11.7 Å². The molecule has 2 aromatic rings. The van der Waals surface area contributed by atoms with Gasteiger partial charge in [0.25, 0.3) is 0 Å². The lowest BCUT2D eigenvalue weighted by Crippen LogP contribution is -2.35. The number of ether oxygens (including phenoxy) is 1. The maximum Gasteiger partial charge on any atom is 0.250 e. The number of likely N-dealkylation sites (tertiary alicyclic amines) is 1. The SMILES string of the molecule is CCOc1ccc(F)c(-c2cc(C)nc(C3=NC4(CC3)CCN(C)C4=O)c2C)c1. The van der Waals surface area contributed by atoms with Gasteiger partial charge in [0.2, 0.25) is 5.91 Å². The van der Waals surface area contributed by atoms with Gasteiger partial charge in [0.15, 0.2) is 0 Å². The highest BCUT2D eigenvalue weighted by atomic mass is 19.1. The molecule has 1 unspecified atom stereocenters. The molecule has 1 spiro atoms. The van der Waals surface area contributed by atoms with E-state index in [4.69, 9.17) is 14.7 Å². The van der Waals surface area contributed by atoms with Crippen LogP contribution < -0.4 is 4.74 Å². The molecule has 4 rings (SSSR count). The number of aryl methyl sites for hydroxylation is 1. The fraction of sp³-hybridized carbons (Fsp3) is 0.435. The molecule has 6 heteroatoms. The number of pyridine rings is 1. The Bertz CT molecular complexity index is 1020. The second-order valence-corrected chi connectivity index (χ2v) is 7.93. The van der Waals surface area contributed by atoms with E-state index < -0.39 is 5.54 Å². The number of carbonyl (C=O) groups excluding carboxylic acids is 1. The highest BCUT2D eigenvalue weighted by molar-refractivity contribution is 6.06. The van der Waals surface area contributed by atoms with Crippen LogP contribution in [0.5, 0.6) is 5.75 Å². The van der Waals surface area contributed by atoms with Gasteiger partial charge in [-0.3, -0.25) is 14.8 Å². The highest BCUT2D eigenvalue weighted by Gasteiger charge is 2.48. The van der Waals surface area contributed by atoms with Crippen LogP contribution in [-0.4, -0.2) is 47.2 Å². The zero-order valence-electron chi connectivity index (χ0n) is 17.4. The summed E-state index contributed by atoms with van der Waals surface area (Å²) in [6, 6.07) is 6.70. The van der Waals surface area contributed by atoms with Gasteiger partial charge in [-0.05, 0) is 75.4 Å². The lowest BCUT2D eigenvalue weighted by atomic mass is 9.94. The predicted molar refractivity (Wildman–Crippen MR) is 111 cm³/mol. The van der Waals surface area contributed by atoms with Crippen molar-refractivity contribution in [2.45, 2.75) is 45.6 Å². The van der Waals surface area contributed by atoms with Gasteiger partial charge in [0, 0.05) is 24.8 Å². The summed E-state index contributed by atoms with van der Waals surface area (Å²) in [7, 11) is 1.83. The Hall–Kier alpha value is -2.76. The quantitative estimate of drug-likeness (QED) is 0.784. The summed E-state index contributed by atoms with van der Waals surface area (Å²) in [6.45, 7) is 7.00. The normalized spacial score (nSPS) is 21.2. The number of aliphatic imine (C=N–C) groups is 1. The number of nitrogens with zero attached hydrogens (tertiary/aromatic N) is 3. The molecular formula is C23H26FN3O2. The van der Waals surface area contributed by atoms with E-state index in [1.54, 1.807) is 17.0 Å². The summed E-state index contributed by atoms with van der Waals surface area (Å²) in [6.07, 6.45) is 2.16. The first-order valence-electron chi connectivity index (χ1n) is 10.1. The van der Waals surface area contributed by atoms with E-state index in [1.807, 2.05) is 33.9 Å². The molecule has 1 atom stereocenters. The average molecular weight is 395 g/mol. The molecule has 0 aliphatic carbocycles. The minimum atomic E-state index is -0.637. The first-order chi connectivity index (χ1) is 13.8. The number of likely N-dealkylation sites (N-methyl/N-ethyl adjacent to an activating group) is 1. The molecule has 29 heavy (non-hydrogen) atoms. The molecule has 1 amide bonds. The number of hydrogen-bond donors (Lipinski definition) is 0. The van der Waals surface area contributed by atoms with Crippen LogP contribution in [0.25, 0.3) is 11.1 Å². The topological polar surface area (TPSA) is 54.8 Å². The minimum Gasteiger partial charge on any atom is -0.494 e. The molecule has 1 fully saturated rings. The summed E-state index contributed by atoms with van der Waals surface area (Å²) in [5.41, 5.74) is 3.91. The molecule has 0 N–H and O–H groups in total. The van der Waals surface area contributed by atoms with E-state index in [2.05, 4.69) is 0 Å². The molecule has 1 saturated heterocycles. The van der Waals surface area contributed by atoms with Gasteiger partial charge in [-0.15, -0.1) is 0 Å². The first-order valence-corrected chi connectivity index (χ1v) is 10.1. The molecule has 152 valence electrons. The monoisotopic (exact) mass is 395 g/mol. The zero-order valence-corrected chi connectivity index (χ0v) is 17.4. The van der Waals surface area contributed by atoms with Gasteiger partial charge in [0.1, 0.15) is 17.1 Å². The summed E-state index contributed by atoms with van der Waals surface area (Å²) in [5.74, 6) is 0.426. The molecule has 1 aromatic heterocycles. The summed E-state index contributed by atoms with van der Waals surface area (Å²) >= 11 is 0. The van der Waals surface area contributed by atoms with E-state index in [0.29, 0.717) is 30.8 Å². The van der Waals surface area contributed by atoms with Gasteiger partial charge in [0.05, 0.1) is 18.0 Å². The largest absolute Gasteiger partial charge is 0.494 e. The van der Waals surface area contributed by atoms with Gasteiger partial charge in [-0.2, -0.15) is 0 Å². The Kier molecular flexibility index (Phi) is 4.89. The fourth-order valence-corrected chi connectivity index (χ4v) is 4.38. The van der Waals surface area contributed by atoms with Gasteiger partial charge in [-0.1, -0.05) is 0 Å². The Balaban J connectivity index is 1.80. The number of rotatable bonds is 4. The van der Waals surface area contributed by atoms with Crippen molar-refractivity contribution in [2.24, 2.45) is 4.99 Å². The van der Waals surface area contributed by atoms with Crippen molar-refractivity contribution in [3.05, 3.63) is 47.0 Å². The maximum atomic E-state index is 14.7. The molecule has 5 nitrogen and oxygen atoms in total. The van der Waals surface area contributed by atoms with Crippen LogP contribution in [0.1, 0.15) is 43.1 Å². The summed E-state index contributed by atoms with van der Waals surface area (Å²) in [4.78, 5) is 24.0. The number of amides is 1. The van der Waals surface area contributed by atoms with Crippen molar-refractivity contribution in [3.63, 3.8) is 0 Å². The van der Waals surface area contributed by atoms with Crippen LogP contribution in [0.2, 0.25) is 0 Å². The van der Waals surface area contributed by atoms with E-state index in [0.717, 1.165) is 41.2 Å². The first kappa shape index (κ1) is 19.6. The number of halogens is 1. The Labute approximate surface area is 170 Å². The van der Waals surface area contributed by atoms with Crippen LogP contribution in [0.15, 0.2) is 29.3 Å². The van der Waals surface area contributed by atoms with Crippen LogP contribution in [0.4, 0.5) is 4.39 Å². The van der Waals surface area contributed by atoms with Crippen molar-refractivity contribution in [1.29, 1.82) is 0 Å². The molecule has 3 heterocycles. The third kappa shape index (κ3) is 3.30. The molecular weight excluding hydrogens is 369 g/mol. The number of carbonyl (C=O) groups is 1. The zero-order chi connectivity index (χ0) is 20.8. The van der Waals surface area contributed by atoms with Gasteiger partial charge < -0.3 is 9.64 Å². The maximum absolute atomic E-state index is 14.7. The second-order valence-electron chi connectivity index (χ2n) is 7.93. The van der Waals surface area contributed by atoms with E-state index in [9.17, 15) is 9.18 Å². The Morgan fingerprint density at radius 2 is 2.00 bits per heavy atom. The minimum absolute atomic E-state index is 0.0912. The predicted octanol–water partition coefficient (Wildman–Crippen LogP) is 4.09. The molecule has 2 aliphatic heterocycles. The van der Waals surface area contributed by atoms with Crippen molar-refractivity contribution >= 4 is 11.6 Å². The third-order valence-electron chi connectivity index (χ3n) is 5.94. The smallest absolute Gasteiger partial charge is 0.250 e. The Morgan fingerprint density at radius 1 is 1.21 bits per heavy atom. The van der Waals surface area contributed by atoms with Crippen LogP contribution in [-0.2, 0) is 4.79 Å². The fourth-order valence-electron chi connectivity index (χ4n) is 4.38. The van der Waals surface area contributed by atoms with Crippen molar-refractivity contribution in [1.82, 2.24) is 9.88 Å². The molecule has 0 bridgehead atoms. The number of aromatic nitrogens is 1. The lowest BCUT2D eigenvalue weighted by molar-refractivity contribution is -0.130. The van der Waals surface area contributed by atoms with Crippen LogP contribution >= 0.6 is 0 Å². The summed E-state index contributed by atoms with van der Waals surface area (Å²) in [5, 5.41) is 0. The van der Waals surface area contributed by atoms with Crippen LogP contribution in [0.3, 0.4) is 0 Å². The highest BCUT2D eigenvalue weighted by Crippen LogP contribution is 2.39. The molecule has 1 aromatic carbocycles. The number of hydrogen-bond acceptors (Lipinski definition) is 4. The van der Waals surface area contributed by atoms with Crippen molar-refractivity contribution in [3.8, 4) is 16.9 Å². The standard InChI is InChI=1S/C23H26FN3O2/c1-5-29-16-6-7-19(24)18(13-16)17-12-14(2)25-21(15(17)3)20-8-9-23(26-20)10-11-27(4)22(23)28/h6-7,12-13H,5,8-11H2,1-4H3. The van der Waals surface area contributed by atoms with Gasteiger partial charge in [-0.25, -0.2) is 4.39 Å². The number of benzene rings is 1. The third-order valence-corrected chi connectivity index (χ3v) is 5.94. The van der Waals surface area contributed by atoms with Crippen molar-refractivity contribution < 1.29 is 13.9 Å². The average Bonchev–Trinajstić information content (AvgIpc) is 3.25. The van der Waals surface area contributed by atoms with E-state index in [1.165, 1.54) is 6.07 Å². The van der Waals surface area contributed by atoms with E-state index >= 15 is 0 Å². The van der Waals surface area contributed by atoms with Gasteiger partial charge >= 0.3 is 0 Å². The van der Waals surface area contributed by atoms with Crippen molar-refractivity contribution in [2.75, 3.05) is 20.2 Å². The molecule has 2 aliphatic rings. The lowest BCUT2D eigenvalue weighted by Gasteiger charge is -2.17. The second kappa shape index (κ2) is 7.25. The molecule has 0 radical (unpaired) electrons. The Morgan fingerprint density at radius 3 is 2.69 bits per heavy atom. The van der Waals surface area contributed by atoms with Crippen LogP contribution in [0, 0.1) is 19.7 Å². The summed E-state index contributed by atoms with van der Waals surface area (Å²) < 4.78 is 20.3. The molecule has 0 saturated carbocycles.